The van der Waals surface area contributed by atoms with Crippen LogP contribution in [0.4, 0.5) is 5.95 Å². The third-order valence-corrected chi connectivity index (χ3v) is 2.37. The highest BCUT2D eigenvalue weighted by atomic mass is 16.4. The van der Waals surface area contributed by atoms with E-state index in [1.165, 1.54) is 0 Å². The number of carbonyl (C=O) groups is 1. The largest absolute Gasteiger partial charge is 0.481 e. The maximum Gasteiger partial charge on any atom is 0.305 e. The summed E-state index contributed by atoms with van der Waals surface area (Å²) in [6.45, 7) is 6.43. The summed E-state index contributed by atoms with van der Waals surface area (Å²) < 4.78 is 0. The van der Waals surface area contributed by atoms with E-state index in [1.807, 2.05) is 25.7 Å². The predicted molar refractivity (Wildman–Crippen MR) is 61.5 cm³/mol. The number of anilines is 1. The lowest BCUT2D eigenvalue weighted by Gasteiger charge is -2.26. The Morgan fingerprint density at radius 2 is 2.06 bits per heavy atom. The predicted octanol–water partition coefficient (Wildman–Crippen LogP) is 1.47. The van der Waals surface area contributed by atoms with Crippen molar-refractivity contribution in [3.63, 3.8) is 0 Å². The van der Waals surface area contributed by atoms with Gasteiger partial charge in [-0.15, -0.1) is 0 Å². The molecule has 1 N–H and O–H groups in total. The van der Waals surface area contributed by atoms with Crippen molar-refractivity contribution in [2.45, 2.75) is 33.2 Å². The van der Waals surface area contributed by atoms with Crippen molar-refractivity contribution < 1.29 is 9.90 Å². The van der Waals surface area contributed by atoms with Crippen LogP contribution in [0.1, 0.15) is 25.8 Å². The molecule has 0 spiro atoms. The van der Waals surface area contributed by atoms with E-state index in [-0.39, 0.29) is 12.5 Å². The molecule has 0 aromatic carbocycles. The number of aryl methyl sites for hydroxylation is 1. The molecule has 0 aliphatic heterocycles. The molecule has 0 saturated carbocycles. The van der Waals surface area contributed by atoms with Gasteiger partial charge in [0.25, 0.3) is 0 Å². The van der Waals surface area contributed by atoms with Gasteiger partial charge >= 0.3 is 5.97 Å². The summed E-state index contributed by atoms with van der Waals surface area (Å²) in [4.78, 5) is 20.9. The molecule has 88 valence electrons. The highest BCUT2D eigenvalue weighted by Gasteiger charge is 2.17. The zero-order valence-electron chi connectivity index (χ0n) is 9.84. The van der Waals surface area contributed by atoms with Gasteiger partial charge in [-0.2, -0.15) is 0 Å². The highest BCUT2D eigenvalue weighted by Crippen LogP contribution is 2.12. The summed E-state index contributed by atoms with van der Waals surface area (Å²) in [6, 6.07) is -0.106. The van der Waals surface area contributed by atoms with E-state index in [9.17, 15) is 4.79 Å². The molecule has 1 heterocycles. The highest BCUT2D eigenvalue weighted by molar-refractivity contribution is 5.68. The number of hydrogen-bond acceptors (Lipinski definition) is 4. The van der Waals surface area contributed by atoms with Crippen LogP contribution in [0.25, 0.3) is 0 Å². The molecule has 0 amide bonds. The van der Waals surface area contributed by atoms with Crippen molar-refractivity contribution in [3.8, 4) is 0 Å². The molecule has 0 aliphatic carbocycles. The van der Waals surface area contributed by atoms with Gasteiger partial charge in [-0.05, 0) is 26.3 Å². The fourth-order valence-electron chi connectivity index (χ4n) is 1.55. The second kappa shape index (κ2) is 5.44. The van der Waals surface area contributed by atoms with E-state index >= 15 is 0 Å². The molecule has 0 radical (unpaired) electrons. The van der Waals surface area contributed by atoms with Crippen molar-refractivity contribution in [3.05, 3.63) is 18.0 Å². The minimum atomic E-state index is -0.807. The summed E-state index contributed by atoms with van der Waals surface area (Å²) >= 11 is 0. The normalized spacial score (nSPS) is 12.2. The van der Waals surface area contributed by atoms with Gasteiger partial charge < -0.3 is 10.0 Å². The molecule has 0 bridgehead atoms. The van der Waals surface area contributed by atoms with E-state index < -0.39 is 5.97 Å². The molecule has 16 heavy (non-hydrogen) atoms. The number of aromatic nitrogens is 2. The topological polar surface area (TPSA) is 66.3 Å². The summed E-state index contributed by atoms with van der Waals surface area (Å²) in [6.07, 6.45) is 3.56. The third-order valence-electron chi connectivity index (χ3n) is 2.37. The first kappa shape index (κ1) is 12.4. The van der Waals surface area contributed by atoms with Crippen LogP contribution >= 0.6 is 0 Å². The average molecular weight is 223 g/mol. The smallest absolute Gasteiger partial charge is 0.305 e. The van der Waals surface area contributed by atoms with Gasteiger partial charge in [0.15, 0.2) is 0 Å². The molecule has 5 heteroatoms. The molecule has 1 unspecified atom stereocenters. The Morgan fingerprint density at radius 3 is 2.50 bits per heavy atom. The first-order chi connectivity index (χ1) is 7.54. The molecule has 0 saturated heterocycles. The zero-order valence-corrected chi connectivity index (χ0v) is 9.84. The molecular formula is C11H17N3O2. The minimum Gasteiger partial charge on any atom is -0.481 e. The Balaban J connectivity index is 2.81. The van der Waals surface area contributed by atoms with Crippen molar-refractivity contribution >= 4 is 11.9 Å². The second-order valence-corrected chi connectivity index (χ2v) is 3.79. The summed E-state index contributed by atoms with van der Waals surface area (Å²) in [5, 5.41) is 8.75. The molecule has 5 nitrogen and oxygen atoms in total. The van der Waals surface area contributed by atoms with E-state index in [0.717, 1.165) is 5.56 Å². The fraction of sp³-hybridized carbons (Fsp3) is 0.545. The van der Waals surface area contributed by atoms with Crippen LogP contribution in [-0.2, 0) is 4.79 Å². The van der Waals surface area contributed by atoms with Crippen LogP contribution < -0.4 is 4.90 Å². The number of rotatable bonds is 5. The van der Waals surface area contributed by atoms with E-state index in [2.05, 4.69) is 9.97 Å². The lowest BCUT2D eigenvalue weighted by Crippen LogP contribution is -2.35. The van der Waals surface area contributed by atoms with E-state index in [0.29, 0.717) is 12.5 Å². The van der Waals surface area contributed by atoms with Crippen LogP contribution in [0.15, 0.2) is 12.4 Å². The Hall–Kier alpha value is -1.65. The standard InChI is InChI=1S/C11H17N3O2/c1-4-14(9(3)5-10(15)16)11-12-6-8(2)7-13-11/h6-7,9H,4-5H2,1-3H3,(H,15,16). The number of hydrogen-bond donors (Lipinski definition) is 1. The maximum absolute atomic E-state index is 10.6. The molecule has 0 aliphatic rings. The van der Waals surface area contributed by atoms with Gasteiger partial charge in [0.05, 0.1) is 6.42 Å². The van der Waals surface area contributed by atoms with Gasteiger partial charge in [-0.25, -0.2) is 9.97 Å². The lowest BCUT2D eigenvalue weighted by atomic mass is 10.2. The second-order valence-electron chi connectivity index (χ2n) is 3.79. The van der Waals surface area contributed by atoms with Crippen LogP contribution in [0, 0.1) is 6.92 Å². The first-order valence-electron chi connectivity index (χ1n) is 5.31. The number of nitrogens with zero attached hydrogens (tertiary/aromatic N) is 3. The Morgan fingerprint density at radius 1 is 1.50 bits per heavy atom. The average Bonchev–Trinajstić information content (AvgIpc) is 2.21. The Kier molecular flexibility index (Phi) is 4.22. The van der Waals surface area contributed by atoms with Gasteiger partial charge in [-0.3, -0.25) is 4.79 Å². The van der Waals surface area contributed by atoms with Crippen LogP contribution in [0.5, 0.6) is 0 Å². The fourth-order valence-corrected chi connectivity index (χ4v) is 1.55. The quantitative estimate of drug-likeness (QED) is 0.818. The number of carboxylic acid groups (broad SMARTS) is 1. The van der Waals surface area contributed by atoms with Crippen molar-refractivity contribution in [2.24, 2.45) is 0 Å². The molecule has 1 rings (SSSR count). The molecule has 0 fully saturated rings. The van der Waals surface area contributed by atoms with Crippen molar-refractivity contribution in [1.82, 2.24) is 9.97 Å². The van der Waals surface area contributed by atoms with Crippen molar-refractivity contribution in [2.75, 3.05) is 11.4 Å². The van der Waals surface area contributed by atoms with Gasteiger partial charge in [-0.1, -0.05) is 0 Å². The lowest BCUT2D eigenvalue weighted by molar-refractivity contribution is -0.137. The Labute approximate surface area is 95.1 Å². The summed E-state index contributed by atoms with van der Waals surface area (Å²) in [5.74, 6) is -0.222. The van der Waals surface area contributed by atoms with Crippen LogP contribution in [0.3, 0.4) is 0 Å². The number of aliphatic carboxylic acids is 1. The molecule has 1 aromatic rings. The first-order valence-corrected chi connectivity index (χ1v) is 5.31. The summed E-state index contributed by atoms with van der Waals surface area (Å²) in [7, 11) is 0. The maximum atomic E-state index is 10.6. The molecule has 1 aromatic heterocycles. The van der Waals surface area contributed by atoms with E-state index in [4.69, 9.17) is 5.11 Å². The van der Waals surface area contributed by atoms with E-state index in [1.54, 1.807) is 12.4 Å². The SMILES string of the molecule is CCN(c1ncc(C)cn1)C(C)CC(=O)O. The number of carboxylic acids is 1. The van der Waals surface area contributed by atoms with Crippen molar-refractivity contribution in [1.29, 1.82) is 0 Å². The van der Waals surface area contributed by atoms with Gasteiger partial charge in [0.2, 0.25) is 5.95 Å². The molecule has 1 atom stereocenters. The van der Waals surface area contributed by atoms with Gasteiger partial charge in [0, 0.05) is 25.0 Å². The minimum absolute atomic E-state index is 0.0884. The third kappa shape index (κ3) is 3.18. The van der Waals surface area contributed by atoms with Crippen LogP contribution in [0.2, 0.25) is 0 Å². The van der Waals surface area contributed by atoms with Gasteiger partial charge in [0.1, 0.15) is 0 Å². The monoisotopic (exact) mass is 223 g/mol. The molecular weight excluding hydrogens is 206 g/mol. The summed E-state index contributed by atoms with van der Waals surface area (Å²) in [5.41, 5.74) is 0.991. The zero-order chi connectivity index (χ0) is 12.1. The van der Waals surface area contributed by atoms with Crippen LogP contribution in [-0.4, -0.2) is 33.6 Å². The Bertz CT molecular complexity index is 351.